The van der Waals surface area contributed by atoms with Gasteiger partial charge in [0.2, 0.25) is 12.2 Å². The number of carboxylic acid groups (broad SMARTS) is 2. The summed E-state index contributed by atoms with van der Waals surface area (Å²) in [6, 6.07) is 22.0. The molecule has 4 aromatic rings. The molecule has 7 unspecified atom stereocenters. The Labute approximate surface area is 404 Å². The molecule has 19 atom stereocenters. The number of carbonyl (C=O) groups is 3. The van der Waals surface area contributed by atoms with Gasteiger partial charge in [-0.3, -0.25) is 9.00 Å². The van der Waals surface area contributed by atoms with Gasteiger partial charge >= 0.3 is 11.9 Å². The second kappa shape index (κ2) is 21.4. The maximum absolute atomic E-state index is 14.9. The standard InChI is InChI=1S/C47H50FNO21S/c48-23-13-10-20(11-14-23)28(68-47-38(59)33(54)36(57)41(70-47)45(63)64)18-71(65)42-29(49(43(42)60)24-4-2-1-3-5-24)25-15-12-22(16-26(25)67-46-37(58)32(53)35(56)40(69-46)44(61)62)19-6-8-21(9-7-19)39-34(55)31(52)30(51)27(17-50)66-39/h1-16,27-42,46-47,50-59H,17-18H2,(H,61,62)(H,63,64)/t27-,28+,29-,30-,31+,32+,33+,34-,35?,36+,37?,38?,39?,40?,41?,42-,46-,47-,71?/m1/s1. The minimum Gasteiger partial charge on any atom is -0.479 e. The average molecular weight is 1020 g/mol. The van der Waals surface area contributed by atoms with Gasteiger partial charge in [0.15, 0.2) is 18.5 Å². The first-order chi connectivity index (χ1) is 33.8. The average Bonchev–Trinajstić information content (AvgIpc) is 3.35. The van der Waals surface area contributed by atoms with E-state index in [1.165, 1.54) is 41.3 Å². The van der Waals surface area contributed by atoms with Crippen LogP contribution in [0.2, 0.25) is 0 Å². The number of ether oxygens (including phenoxy) is 5. The summed E-state index contributed by atoms with van der Waals surface area (Å²) in [5, 5.41) is 123. The molecule has 382 valence electrons. The maximum Gasteiger partial charge on any atom is 0.335 e. The fourth-order valence-electron chi connectivity index (χ4n) is 8.95. The molecule has 4 aliphatic rings. The van der Waals surface area contributed by atoms with Gasteiger partial charge in [-0.1, -0.05) is 66.7 Å². The summed E-state index contributed by atoms with van der Waals surface area (Å²) in [6.07, 6.45) is -29.3. The topological polar surface area (TPSA) is 360 Å². The van der Waals surface area contributed by atoms with E-state index in [1.54, 1.807) is 48.5 Å². The van der Waals surface area contributed by atoms with Gasteiger partial charge in [0, 0.05) is 22.1 Å². The number of rotatable bonds is 15. The van der Waals surface area contributed by atoms with Crippen LogP contribution < -0.4 is 9.64 Å². The number of benzene rings is 4. The van der Waals surface area contributed by atoms with E-state index in [0.29, 0.717) is 22.4 Å². The zero-order valence-electron chi connectivity index (χ0n) is 36.8. The van der Waals surface area contributed by atoms with E-state index in [2.05, 4.69) is 0 Å². The van der Waals surface area contributed by atoms with Crippen molar-refractivity contribution in [2.45, 2.75) is 109 Å². The van der Waals surface area contributed by atoms with Crippen molar-refractivity contribution in [1.82, 2.24) is 0 Å². The van der Waals surface area contributed by atoms with Crippen LogP contribution in [0.4, 0.5) is 10.1 Å². The van der Waals surface area contributed by atoms with Crippen molar-refractivity contribution in [2.24, 2.45) is 0 Å². The molecule has 71 heavy (non-hydrogen) atoms. The van der Waals surface area contributed by atoms with Gasteiger partial charge in [-0.15, -0.1) is 0 Å². The molecule has 4 fully saturated rings. The second-order valence-electron chi connectivity index (χ2n) is 17.3. The molecule has 0 radical (unpaired) electrons. The maximum atomic E-state index is 14.9. The van der Waals surface area contributed by atoms with Gasteiger partial charge < -0.3 is 89.9 Å². The molecular formula is C47H50FNO21S. The molecule has 4 saturated heterocycles. The predicted molar refractivity (Wildman–Crippen MR) is 238 cm³/mol. The number of carbonyl (C=O) groups excluding carboxylic acids is 1. The quantitative estimate of drug-likeness (QED) is 0.0581. The summed E-state index contributed by atoms with van der Waals surface area (Å²) in [7, 11) is -2.36. The Morgan fingerprint density at radius 1 is 0.662 bits per heavy atom. The normalized spacial score (nSPS) is 35.0. The third kappa shape index (κ3) is 10.2. The number of aliphatic carboxylic acids is 2. The number of carboxylic acids is 2. The van der Waals surface area contributed by atoms with Crippen LogP contribution in [0.3, 0.4) is 0 Å². The number of anilines is 1. The largest absolute Gasteiger partial charge is 0.479 e. The van der Waals surface area contributed by atoms with Crippen LogP contribution in [-0.2, 0) is 44.1 Å². The Morgan fingerprint density at radius 2 is 1.23 bits per heavy atom. The molecule has 22 nitrogen and oxygen atoms in total. The molecule has 0 bridgehead atoms. The highest BCUT2D eigenvalue weighted by Gasteiger charge is 2.55. The Balaban J connectivity index is 1.18. The fraction of sp³-hybridized carbons (Fsp3) is 0.426. The van der Waals surface area contributed by atoms with Crippen molar-refractivity contribution < 1.29 is 108 Å². The molecule has 12 N–H and O–H groups in total. The molecule has 0 aliphatic carbocycles. The van der Waals surface area contributed by atoms with Crippen molar-refractivity contribution in [3.63, 3.8) is 0 Å². The second-order valence-corrected chi connectivity index (χ2v) is 18.9. The molecular weight excluding hydrogens is 966 g/mol. The number of para-hydroxylation sites is 1. The number of hydrogen-bond donors (Lipinski definition) is 12. The van der Waals surface area contributed by atoms with Crippen molar-refractivity contribution in [1.29, 1.82) is 0 Å². The van der Waals surface area contributed by atoms with E-state index >= 15 is 0 Å². The first-order valence-electron chi connectivity index (χ1n) is 22.0. The molecule has 4 aliphatic heterocycles. The molecule has 4 heterocycles. The van der Waals surface area contributed by atoms with Crippen LogP contribution >= 0.6 is 0 Å². The molecule has 0 saturated carbocycles. The predicted octanol–water partition coefficient (Wildman–Crippen LogP) is -1.87. The van der Waals surface area contributed by atoms with E-state index in [9.17, 15) is 84.3 Å². The molecule has 4 aromatic carbocycles. The minimum atomic E-state index is -2.36. The molecule has 0 spiro atoms. The summed E-state index contributed by atoms with van der Waals surface area (Å²) in [5.41, 5.74) is 1.60. The number of β-lactam (4-membered cyclic amide) rings is 1. The van der Waals surface area contributed by atoms with Crippen molar-refractivity contribution in [2.75, 3.05) is 17.3 Å². The highest BCUT2D eigenvalue weighted by Crippen LogP contribution is 2.47. The lowest BCUT2D eigenvalue weighted by molar-refractivity contribution is -0.303. The number of halogens is 1. The van der Waals surface area contributed by atoms with Crippen LogP contribution in [-0.4, -0.2) is 187 Å². The third-order valence-corrected chi connectivity index (χ3v) is 14.5. The summed E-state index contributed by atoms with van der Waals surface area (Å²) < 4.78 is 57.8. The van der Waals surface area contributed by atoms with E-state index in [1.807, 2.05) is 0 Å². The van der Waals surface area contributed by atoms with E-state index in [-0.39, 0.29) is 16.9 Å². The first kappa shape index (κ1) is 51.9. The van der Waals surface area contributed by atoms with Gasteiger partial charge in [-0.05, 0) is 52.6 Å². The fourth-order valence-corrected chi connectivity index (χ4v) is 10.6. The first-order valence-corrected chi connectivity index (χ1v) is 23.4. The Kier molecular flexibility index (Phi) is 15.6. The van der Waals surface area contributed by atoms with Gasteiger partial charge in [0.05, 0.1) is 24.5 Å². The van der Waals surface area contributed by atoms with Crippen molar-refractivity contribution >= 4 is 34.3 Å². The summed E-state index contributed by atoms with van der Waals surface area (Å²) in [4.78, 5) is 39.7. The monoisotopic (exact) mass is 1020 g/mol. The number of aliphatic hydroxyl groups excluding tert-OH is 10. The van der Waals surface area contributed by atoms with Crippen molar-refractivity contribution in [3.8, 4) is 16.9 Å². The zero-order valence-corrected chi connectivity index (χ0v) is 37.6. The Bertz CT molecular complexity index is 2560. The van der Waals surface area contributed by atoms with Gasteiger partial charge in [-0.2, -0.15) is 0 Å². The number of hydrogen-bond acceptors (Lipinski definition) is 19. The molecule has 0 aromatic heterocycles. The van der Waals surface area contributed by atoms with E-state index in [0.717, 1.165) is 12.1 Å². The van der Waals surface area contributed by atoms with Crippen LogP contribution in [0, 0.1) is 5.82 Å². The van der Waals surface area contributed by atoms with Gasteiger partial charge in [0.1, 0.15) is 84.0 Å². The number of aliphatic hydroxyl groups is 10. The SMILES string of the molecule is O=C(O)C1O[C@@H](Oc2cc(-c3ccc(C4O[C@H](CO)[C@@H](O)[C@H](O)[C@H]4O)cc3)ccc2[C@@H]2[C@@H](S(=O)C[C@H](O[C@@H]3OC(C(=O)O)[C@@H](O)[C@H](O)C3O)c3ccc(F)cc3)C(=O)N2c2ccccc2)C(O)[C@@H](O)C1O. The number of nitrogens with zero attached hydrogens (tertiary/aromatic N) is 1. The lowest BCUT2D eigenvalue weighted by atomic mass is 9.89. The van der Waals surface area contributed by atoms with Crippen LogP contribution in [0.25, 0.3) is 11.1 Å². The van der Waals surface area contributed by atoms with E-state index in [4.69, 9.17) is 23.7 Å². The smallest absolute Gasteiger partial charge is 0.335 e. The van der Waals surface area contributed by atoms with Crippen LogP contribution in [0.5, 0.6) is 5.75 Å². The summed E-state index contributed by atoms with van der Waals surface area (Å²) >= 11 is 0. The van der Waals surface area contributed by atoms with Gasteiger partial charge in [0.25, 0.3) is 0 Å². The van der Waals surface area contributed by atoms with Crippen LogP contribution in [0.1, 0.15) is 34.9 Å². The van der Waals surface area contributed by atoms with Crippen molar-refractivity contribution in [3.05, 3.63) is 120 Å². The Hall–Kier alpha value is -5.39. The number of amides is 1. The Morgan fingerprint density at radius 3 is 1.82 bits per heavy atom. The summed E-state index contributed by atoms with van der Waals surface area (Å²) in [5.74, 6) is -5.69. The lowest BCUT2D eigenvalue weighted by Gasteiger charge is -2.47. The van der Waals surface area contributed by atoms with E-state index < -0.39 is 156 Å². The zero-order chi connectivity index (χ0) is 51.2. The summed E-state index contributed by atoms with van der Waals surface area (Å²) in [6.45, 7) is -0.659. The van der Waals surface area contributed by atoms with Gasteiger partial charge in [-0.25, -0.2) is 14.0 Å². The molecule has 24 heteroatoms. The minimum absolute atomic E-state index is 0.0727. The lowest BCUT2D eigenvalue weighted by Crippen LogP contribution is -2.62. The van der Waals surface area contributed by atoms with Crippen LogP contribution in [0.15, 0.2) is 97.1 Å². The highest BCUT2D eigenvalue weighted by molar-refractivity contribution is 7.86. The molecule has 1 amide bonds. The highest BCUT2D eigenvalue weighted by atomic mass is 32.2. The molecule has 8 rings (SSSR count). The third-order valence-electron chi connectivity index (χ3n) is 12.9.